The first kappa shape index (κ1) is 25.0. The van der Waals surface area contributed by atoms with Crippen molar-refractivity contribution in [2.75, 3.05) is 26.2 Å². The van der Waals surface area contributed by atoms with Gasteiger partial charge in [0.25, 0.3) is 0 Å². The highest BCUT2D eigenvalue weighted by Crippen LogP contribution is 2.53. The number of aromatic hydroxyl groups is 2. The van der Waals surface area contributed by atoms with Gasteiger partial charge in [0.15, 0.2) is 6.10 Å². The number of nitrogens with zero attached hydrogens (tertiary/aromatic N) is 1. The SMILES string of the molecule is Oc1ccc(C2=C(C(F)(F)F)c3ccc(O)cc3OC2c2ccc(OCCN3CCCCC3)cc2)cc1. The summed E-state index contributed by atoms with van der Waals surface area (Å²) in [5, 5.41) is 19.7. The molecule has 0 saturated carbocycles. The van der Waals surface area contributed by atoms with Gasteiger partial charge in [-0.25, -0.2) is 0 Å². The number of fused-ring (bicyclic) bond motifs is 1. The van der Waals surface area contributed by atoms with Crippen LogP contribution >= 0.6 is 0 Å². The number of allylic oxidation sites excluding steroid dienone is 1. The van der Waals surface area contributed by atoms with Crippen LogP contribution in [0.1, 0.15) is 42.1 Å². The molecule has 8 heteroatoms. The van der Waals surface area contributed by atoms with E-state index in [0.29, 0.717) is 17.9 Å². The molecule has 0 radical (unpaired) electrons. The smallest absolute Gasteiger partial charge is 0.417 e. The molecular weight excluding hydrogens is 483 g/mol. The molecule has 0 aromatic heterocycles. The number of phenols is 2. The Morgan fingerprint density at radius 3 is 2.22 bits per heavy atom. The average Bonchev–Trinajstić information content (AvgIpc) is 2.88. The van der Waals surface area contributed by atoms with E-state index in [-0.39, 0.29) is 33.9 Å². The number of benzene rings is 3. The highest BCUT2D eigenvalue weighted by Gasteiger charge is 2.44. The van der Waals surface area contributed by atoms with Crippen LogP contribution in [0.2, 0.25) is 0 Å². The molecule has 1 saturated heterocycles. The van der Waals surface area contributed by atoms with Crippen molar-refractivity contribution in [2.24, 2.45) is 0 Å². The molecule has 0 amide bonds. The monoisotopic (exact) mass is 511 g/mol. The molecule has 0 bridgehead atoms. The summed E-state index contributed by atoms with van der Waals surface area (Å²) in [5.74, 6) is 0.328. The van der Waals surface area contributed by atoms with Crippen LogP contribution in [0.5, 0.6) is 23.0 Å². The number of halogens is 3. The molecule has 2 heterocycles. The van der Waals surface area contributed by atoms with Gasteiger partial charge < -0.3 is 19.7 Å². The van der Waals surface area contributed by atoms with Gasteiger partial charge in [-0.2, -0.15) is 13.2 Å². The molecule has 1 unspecified atom stereocenters. The second-order valence-corrected chi connectivity index (χ2v) is 9.33. The highest BCUT2D eigenvalue weighted by atomic mass is 19.4. The van der Waals surface area contributed by atoms with Crippen LogP contribution in [0.15, 0.2) is 66.7 Å². The van der Waals surface area contributed by atoms with Gasteiger partial charge in [-0.15, -0.1) is 0 Å². The largest absolute Gasteiger partial charge is 0.508 e. The summed E-state index contributed by atoms with van der Waals surface area (Å²) in [5.41, 5.74) is -0.282. The number of ether oxygens (including phenoxy) is 2. The van der Waals surface area contributed by atoms with Gasteiger partial charge in [-0.1, -0.05) is 30.7 Å². The van der Waals surface area contributed by atoms with Crippen LogP contribution in [0.3, 0.4) is 0 Å². The van der Waals surface area contributed by atoms with Crippen molar-refractivity contribution in [3.8, 4) is 23.0 Å². The fourth-order valence-electron chi connectivity index (χ4n) is 4.97. The number of alkyl halides is 3. The second kappa shape index (κ2) is 10.4. The molecular formula is C29H28F3NO4. The molecule has 3 aromatic carbocycles. The first-order chi connectivity index (χ1) is 17.8. The van der Waals surface area contributed by atoms with E-state index in [2.05, 4.69) is 4.90 Å². The van der Waals surface area contributed by atoms with Crippen molar-refractivity contribution in [3.63, 3.8) is 0 Å². The first-order valence-electron chi connectivity index (χ1n) is 12.4. The van der Waals surface area contributed by atoms with Crippen molar-refractivity contribution in [2.45, 2.75) is 31.5 Å². The Bertz CT molecular complexity index is 1260. The van der Waals surface area contributed by atoms with Crippen molar-refractivity contribution in [3.05, 3.63) is 83.4 Å². The Kier molecular flexibility index (Phi) is 7.02. The third-order valence-electron chi connectivity index (χ3n) is 6.78. The maximum Gasteiger partial charge on any atom is 0.417 e. The maximum absolute atomic E-state index is 14.5. The van der Waals surface area contributed by atoms with Gasteiger partial charge in [-0.05, 0) is 73.5 Å². The molecule has 5 rings (SSSR count). The lowest BCUT2D eigenvalue weighted by Crippen LogP contribution is -2.33. The van der Waals surface area contributed by atoms with Crippen molar-refractivity contribution in [1.29, 1.82) is 0 Å². The number of hydrogen-bond acceptors (Lipinski definition) is 5. The molecule has 3 aromatic rings. The van der Waals surface area contributed by atoms with E-state index in [1.807, 2.05) is 0 Å². The van der Waals surface area contributed by atoms with Gasteiger partial charge in [0.05, 0.1) is 5.57 Å². The molecule has 0 spiro atoms. The molecule has 2 N–H and O–H groups in total. The maximum atomic E-state index is 14.5. The zero-order chi connectivity index (χ0) is 26.0. The Morgan fingerprint density at radius 2 is 1.54 bits per heavy atom. The van der Waals surface area contributed by atoms with Gasteiger partial charge >= 0.3 is 6.18 Å². The summed E-state index contributed by atoms with van der Waals surface area (Å²) >= 11 is 0. The number of rotatable bonds is 6. The summed E-state index contributed by atoms with van der Waals surface area (Å²) in [4.78, 5) is 2.37. The minimum absolute atomic E-state index is 0.0532. The minimum atomic E-state index is -4.70. The lowest BCUT2D eigenvalue weighted by Gasteiger charge is -2.33. The lowest BCUT2D eigenvalue weighted by molar-refractivity contribution is -0.0695. The summed E-state index contributed by atoms with van der Waals surface area (Å²) < 4.78 is 55.6. The molecule has 0 aliphatic carbocycles. The van der Waals surface area contributed by atoms with E-state index in [1.54, 1.807) is 24.3 Å². The third kappa shape index (κ3) is 5.54. The molecule has 1 atom stereocenters. The van der Waals surface area contributed by atoms with E-state index in [1.165, 1.54) is 61.7 Å². The quantitative estimate of drug-likeness (QED) is 0.392. The van der Waals surface area contributed by atoms with Crippen LogP contribution in [0.4, 0.5) is 13.2 Å². The Morgan fingerprint density at radius 1 is 0.865 bits per heavy atom. The highest BCUT2D eigenvalue weighted by molar-refractivity contribution is 5.98. The molecule has 5 nitrogen and oxygen atoms in total. The van der Waals surface area contributed by atoms with Gasteiger partial charge in [0, 0.05) is 23.7 Å². The van der Waals surface area contributed by atoms with E-state index in [0.717, 1.165) is 19.6 Å². The first-order valence-corrected chi connectivity index (χ1v) is 12.4. The van der Waals surface area contributed by atoms with Crippen LogP contribution in [-0.2, 0) is 0 Å². The Labute approximate surface area is 213 Å². The Hall–Kier alpha value is -3.65. The van der Waals surface area contributed by atoms with Gasteiger partial charge in [0.2, 0.25) is 0 Å². The predicted octanol–water partition coefficient (Wildman–Crippen LogP) is 6.57. The van der Waals surface area contributed by atoms with E-state index < -0.39 is 17.9 Å². The molecule has 1 fully saturated rings. The normalized spacial score (nSPS) is 18.3. The number of hydrogen-bond donors (Lipinski definition) is 2. The van der Waals surface area contributed by atoms with Crippen molar-refractivity contribution in [1.82, 2.24) is 4.90 Å². The van der Waals surface area contributed by atoms with Crippen LogP contribution in [-0.4, -0.2) is 47.5 Å². The standard InChI is InChI=1S/C29H28F3NO4/c30-29(31,32)27-24-13-10-22(35)18-25(24)37-28(26(27)19-4-8-21(34)9-5-19)20-6-11-23(12-7-20)36-17-16-33-14-2-1-3-15-33/h4-13,18,28,34-35H,1-3,14-17H2. The summed E-state index contributed by atoms with van der Waals surface area (Å²) in [6.07, 6.45) is -2.12. The fraction of sp³-hybridized carbons (Fsp3) is 0.310. The third-order valence-corrected chi connectivity index (χ3v) is 6.78. The minimum Gasteiger partial charge on any atom is -0.508 e. The van der Waals surface area contributed by atoms with Crippen LogP contribution < -0.4 is 9.47 Å². The van der Waals surface area contributed by atoms with Crippen LogP contribution in [0.25, 0.3) is 11.1 Å². The van der Waals surface area contributed by atoms with Crippen LogP contribution in [0, 0.1) is 0 Å². The van der Waals surface area contributed by atoms with Gasteiger partial charge in [0.1, 0.15) is 29.6 Å². The lowest BCUT2D eigenvalue weighted by atomic mass is 9.85. The molecule has 2 aliphatic heterocycles. The summed E-state index contributed by atoms with van der Waals surface area (Å²) in [6, 6.07) is 16.0. The zero-order valence-corrected chi connectivity index (χ0v) is 20.2. The van der Waals surface area contributed by atoms with Gasteiger partial charge in [-0.3, -0.25) is 4.90 Å². The summed E-state index contributed by atoms with van der Waals surface area (Å²) in [7, 11) is 0. The zero-order valence-electron chi connectivity index (χ0n) is 20.2. The number of piperidine rings is 1. The second-order valence-electron chi connectivity index (χ2n) is 9.33. The molecule has 2 aliphatic rings. The molecule has 37 heavy (non-hydrogen) atoms. The topological polar surface area (TPSA) is 62.2 Å². The fourth-order valence-corrected chi connectivity index (χ4v) is 4.97. The average molecular weight is 512 g/mol. The van der Waals surface area contributed by atoms with E-state index in [9.17, 15) is 23.4 Å². The number of phenolic OH excluding ortho intramolecular Hbond substituents is 2. The van der Waals surface area contributed by atoms with Crippen molar-refractivity contribution >= 4 is 11.1 Å². The summed E-state index contributed by atoms with van der Waals surface area (Å²) in [6.45, 7) is 3.51. The molecule has 194 valence electrons. The Balaban J connectivity index is 1.48. The van der Waals surface area contributed by atoms with Crippen molar-refractivity contribution < 1.29 is 32.9 Å². The predicted molar refractivity (Wildman–Crippen MR) is 135 cm³/mol. The van der Waals surface area contributed by atoms with E-state index in [4.69, 9.17) is 9.47 Å². The number of likely N-dealkylation sites (tertiary alicyclic amines) is 1. The van der Waals surface area contributed by atoms with E-state index >= 15 is 0 Å².